The van der Waals surface area contributed by atoms with Gasteiger partial charge < -0.3 is 15.8 Å². The van der Waals surface area contributed by atoms with Gasteiger partial charge in [0.05, 0.1) is 6.04 Å². The summed E-state index contributed by atoms with van der Waals surface area (Å²) in [6.07, 6.45) is 0. The van der Waals surface area contributed by atoms with Crippen LogP contribution < -0.4 is 15.8 Å². The van der Waals surface area contributed by atoms with Gasteiger partial charge in [0.25, 0.3) is 0 Å². The Morgan fingerprint density at radius 2 is 1.76 bits per heavy atom. The zero-order chi connectivity index (χ0) is 15.2. The molecule has 0 aliphatic rings. The van der Waals surface area contributed by atoms with Gasteiger partial charge in [0.2, 0.25) is 0 Å². The lowest BCUT2D eigenvalue weighted by atomic mass is 10.1. The van der Waals surface area contributed by atoms with Crippen molar-refractivity contribution in [1.82, 2.24) is 0 Å². The van der Waals surface area contributed by atoms with E-state index in [0.29, 0.717) is 10.6 Å². The molecule has 0 aliphatic heterocycles. The number of nitrogens with one attached hydrogen (secondary N) is 1. The molecule has 6 heteroatoms. The van der Waals surface area contributed by atoms with Gasteiger partial charge in [0.1, 0.15) is 5.75 Å². The molecule has 3 N–H and O–H groups in total. The number of para-hydroxylation sites is 1. The quantitative estimate of drug-likeness (QED) is 0.846. The number of hydrogen-bond donors (Lipinski definition) is 2. The minimum absolute atomic E-state index is 0.115. The van der Waals surface area contributed by atoms with Gasteiger partial charge in [-0.15, -0.1) is 0 Å². The lowest BCUT2D eigenvalue weighted by Gasteiger charge is -2.21. The van der Waals surface area contributed by atoms with Crippen molar-refractivity contribution in [2.45, 2.75) is 12.7 Å². The molecule has 0 spiro atoms. The molecule has 0 saturated carbocycles. The van der Waals surface area contributed by atoms with Gasteiger partial charge in [0, 0.05) is 22.8 Å². The monoisotopic (exact) mass is 312 g/mol. The summed E-state index contributed by atoms with van der Waals surface area (Å²) >= 11 is 5.83. The van der Waals surface area contributed by atoms with Gasteiger partial charge in [-0.3, -0.25) is 0 Å². The maximum Gasteiger partial charge on any atom is 0.387 e. The third-order valence-corrected chi connectivity index (χ3v) is 3.18. The van der Waals surface area contributed by atoms with E-state index in [1.165, 1.54) is 6.07 Å². The lowest BCUT2D eigenvalue weighted by Crippen LogP contribution is -2.21. The first-order valence-electron chi connectivity index (χ1n) is 6.36. The van der Waals surface area contributed by atoms with E-state index in [0.717, 1.165) is 5.69 Å². The molecule has 1 atom stereocenters. The number of nitrogens with two attached hydrogens (primary N) is 1. The SMILES string of the molecule is NCC(Nc1ccc(Cl)cc1)c1ccccc1OC(F)F. The second-order valence-corrected chi connectivity index (χ2v) is 4.79. The Morgan fingerprint density at radius 3 is 2.38 bits per heavy atom. The fraction of sp³-hybridized carbons (Fsp3) is 0.200. The highest BCUT2D eigenvalue weighted by Crippen LogP contribution is 2.29. The standard InChI is InChI=1S/C15H15ClF2N2O/c16-10-5-7-11(8-6-10)20-13(9-19)12-3-1-2-4-14(12)21-15(17)18/h1-8,13,15,20H,9,19H2. The molecule has 2 rings (SSSR count). The van der Waals surface area contributed by atoms with Crippen molar-refractivity contribution in [3.05, 3.63) is 59.1 Å². The van der Waals surface area contributed by atoms with E-state index in [1.807, 2.05) is 0 Å². The van der Waals surface area contributed by atoms with Crippen LogP contribution in [0.5, 0.6) is 5.75 Å². The number of hydrogen-bond acceptors (Lipinski definition) is 3. The van der Waals surface area contributed by atoms with Gasteiger partial charge in [0.15, 0.2) is 0 Å². The Morgan fingerprint density at radius 1 is 1.10 bits per heavy atom. The van der Waals surface area contributed by atoms with Crippen molar-refractivity contribution in [2.24, 2.45) is 5.73 Å². The fourth-order valence-corrected chi connectivity index (χ4v) is 2.11. The molecular weight excluding hydrogens is 298 g/mol. The maximum atomic E-state index is 12.5. The third-order valence-electron chi connectivity index (χ3n) is 2.93. The van der Waals surface area contributed by atoms with Crippen LogP contribution in [-0.4, -0.2) is 13.2 Å². The van der Waals surface area contributed by atoms with Crippen molar-refractivity contribution in [2.75, 3.05) is 11.9 Å². The van der Waals surface area contributed by atoms with Gasteiger partial charge in [-0.2, -0.15) is 8.78 Å². The normalized spacial score (nSPS) is 12.2. The molecular formula is C15H15ClF2N2O. The topological polar surface area (TPSA) is 47.3 Å². The molecule has 0 heterocycles. The number of halogens is 3. The van der Waals surface area contributed by atoms with Crippen molar-refractivity contribution < 1.29 is 13.5 Å². The fourth-order valence-electron chi connectivity index (χ4n) is 1.98. The average molecular weight is 313 g/mol. The zero-order valence-corrected chi connectivity index (χ0v) is 11.9. The molecule has 0 saturated heterocycles. The third kappa shape index (κ3) is 4.31. The molecule has 0 bridgehead atoms. The second kappa shape index (κ2) is 7.24. The van der Waals surface area contributed by atoms with E-state index >= 15 is 0 Å². The van der Waals surface area contributed by atoms with Crippen LogP contribution in [0.15, 0.2) is 48.5 Å². The van der Waals surface area contributed by atoms with Crippen LogP contribution in [0.25, 0.3) is 0 Å². The lowest BCUT2D eigenvalue weighted by molar-refractivity contribution is -0.0505. The molecule has 0 aliphatic carbocycles. The van der Waals surface area contributed by atoms with Crippen molar-refractivity contribution >= 4 is 17.3 Å². The first-order valence-corrected chi connectivity index (χ1v) is 6.74. The van der Waals surface area contributed by atoms with Crippen LogP contribution in [-0.2, 0) is 0 Å². The van der Waals surface area contributed by atoms with Gasteiger partial charge >= 0.3 is 6.61 Å². The Bertz CT molecular complexity index is 578. The van der Waals surface area contributed by atoms with Crippen molar-refractivity contribution in [3.8, 4) is 5.75 Å². The van der Waals surface area contributed by atoms with E-state index in [9.17, 15) is 8.78 Å². The first-order chi connectivity index (χ1) is 10.1. The molecule has 0 amide bonds. The average Bonchev–Trinajstić information content (AvgIpc) is 2.47. The van der Waals surface area contributed by atoms with E-state index in [4.69, 9.17) is 17.3 Å². The van der Waals surface area contributed by atoms with Crippen LogP contribution in [0.2, 0.25) is 5.02 Å². The Hall–Kier alpha value is -1.85. The maximum absolute atomic E-state index is 12.5. The Balaban J connectivity index is 2.22. The van der Waals surface area contributed by atoms with Gasteiger partial charge in [-0.25, -0.2) is 0 Å². The molecule has 3 nitrogen and oxygen atoms in total. The molecule has 0 fully saturated rings. The highest BCUT2D eigenvalue weighted by Gasteiger charge is 2.17. The molecule has 1 unspecified atom stereocenters. The van der Waals surface area contributed by atoms with Crippen LogP contribution in [0.4, 0.5) is 14.5 Å². The largest absolute Gasteiger partial charge is 0.434 e. The summed E-state index contributed by atoms with van der Waals surface area (Å²) in [5, 5.41) is 3.79. The van der Waals surface area contributed by atoms with E-state index in [2.05, 4.69) is 10.1 Å². The minimum atomic E-state index is -2.87. The highest BCUT2D eigenvalue weighted by molar-refractivity contribution is 6.30. The van der Waals surface area contributed by atoms with Crippen LogP contribution in [0, 0.1) is 0 Å². The number of benzene rings is 2. The summed E-state index contributed by atoms with van der Waals surface area (Å²) in [5.74, 6) is 0.115. The van der Waals surface area contributed by atoms with Crippen LogP contribution >= 0.6 is 11.6 Å². The summed E-state index contributed by atoms with van der Waals surface area (Å²) in [7, 11) is 0. The number of ether oxygens (including phenoxy) is 1. The predicted molar refractivity (Wildman–Crippen MR) is 79.9 cm³/mol. The molecule has 0 aromatic heterocycles. The van der Waals surface area contributed by atoms with Crippen molar-refractivity contribution in [3.63, 3.8) is 0 Å². The van der Waals surface area contributed by atoms with Gasteiger partial charge in [-0.05, 0) is 30.3 Å². The van der Waals surface area contributed by atoms with Gasteiger partial charge in [-0.1, -0.05) is 29.8 Å². The zero-order valence-electron chi connectivity index (χ0n) is 11.1. The number of anilines is 1. The smallest absolute Gasteiger partial charge is 0.387 e. The van der Waals surface area contributed by atoms with E-state index in [-0.39, 0.29) is 18.3 Å². The first kappa shape index (κ1) is 15.5. The molecule has 21 heavy (non-hydrogen) atoms. The summed E-state index contributed by atoms with van der Waals surface area (Å²) in [4.78, 5) is 0. The van der Waals surface area contributed by atoms with E-state index < -0.39 is 6.61 Å². The second-order valence-electron chi connectivity index (χ2n) is 4.36. The van der Waals surface area contributed by atoms with Crippen molar-refractivity contribution in [1.29, 1.82) is 0 Å². The Labute approximate surface area is 126 Å². The summed E-state index contributed by atoms with van der Waals surface area (Å²) in [5.41, 5.74) is 7.12. The summed E-state index contributed by atoms with van der Waals surface area (Å²) in [6, 6.07) is 13.3. The van der Waals surface area contributed by atoms with Crippen LogP contribution in [0.3, 0.4) is 0 Å². The predicted octanol–water partition coefficient (Wildman–Crippen LogP) is 4.05. The number of rotatable bonds is 6. The molecule has 2 aromatic rings. The molecule has 0 radical (unpaired) electrons. The molecule has 112 valence electrons. The summed E-state index contributed by atoms with van der Waals surface area (Å²) in [6.45, 7) is -2.65. The highest BCUT2D eigenvalue weighted by atomic mass is 35.5. The molecule has 2 aromatic carbocycles. The summed E-state index contributed by atoms with van der Waals surface area (Å²) < 4.78 is 29.4. The van der Waals surface area contributed by atoms with E-state index in [1.54, 1.807) is 42.5 Å². The minimum Gasteiger partial charge on any atom is -0.434 e. The number of alkyl halides is 2. The Kier molecular flexibility index (Phi) is 5.36. The van der Waals surface area contributed by atoms with Crippen LogP contribution in [0.1, 0.15) is 11.6 Å².